The maximum Gasteiger partial charge on any atom is 0.227 e. The van der Waals surface area contributed by atoms with Crippen LogP contribution in [0.4, 0.5) is 10.1 Å². The molecule has 1 heterocycles. The SMILES string of the molecule is Nc1cccc(-c2nc3ccc(-c4ccccc4F)cc3o2)c1. The van der Waals surface area contributed by atoms with Crippen molar-refractivity contribution in [2.24, 2.45) is 0 Å². The van der Waals surface area contributed by atoms with Gasteiger partial charge in [0.2, 0.25) is 5.89 Å². The molecule has 0 radical (unpaired) electrons. The lowest BCUT2D eigenvalue weighted by atomic mass is 10.1. The first kappa shape index (κ1) is 13.5. The average Bonchev–Trinajstić information content (AvgIpc) is 2.98. The Hall–Kier alpha value is -3.14. The molecule has 0 aliphatic rings. The number of oxazole rings is 1. The summed E-state index contributed by atoms with van der Waals surface area (Å²) in [6, 6.07) is 19.5. The van der Waals surface area contributed by atoms with E-state index in [1.165, 1.54) is 6.07 Å². The Morgan fingerprint density at radius 1 is 0.870 bits per heavy atom. The minimum absolute atomic E-state index is 0.262. The zero-order valence-electron chi connectivity index (χ0n) is 12.2. The Balaban J connectivity index is 1.83. The van der Waals surface area contributed by atoms with E-state index in [0.29, 0.717) is 22.7 Å². The Kier molecular flexibility index (Phi) is 3.08. The van der Waals surface area contributed by atoms with Gasteiger partial charge in [-0.15, -0.1) is 0 Å². The van der Waals surface area contributed by atoms with Gasteiger partial charge in [0, 0.05) is 16.8 Å². The first-order chi connectivity index (χ1) is 11.2. The molecule has 0 bridgehead atoms. The highest BCUT2D eigenvalue weighted by molar-refractivity contribution is 5.82. The number of halogens is 1. The number of rotatable bonds is 2. The summed E-state index contributed by atoms with van der Waals surface area (Å²) >= 11 is 0. The molecule has 2 N–H and O–H groups in total. The lowest BCUT2D eigenvalue weighted by molar-refractivity contribution is 0.619. The van der Waals surface area contributed by atoms with Gasteiger partial charge in [0.1, 0.15) is 11.3 Å². The molecule has 0 unspecified atom stereocenters. The van der Waals surface area contributed by atoms with Crippen LogP contribution in [0.15, 0.2) is 71.1 Å². The fourth-order valence-corrected chi connectivity index (χ4v) is 2.58. The molecule has 0 aliphatic heterocycles. The molecule has 4 heteroatoms. The van der Waals surface area contributed by atoms with Gasteiger partial charge in [-0.3, -0.25) is 0 Å². The van der Waals surface area contributed by atoms with Gasteiger partial charge in [0.15, 0.2) is 5.58 Å². The molecular formula is C19H13FN2O. The van der Waals surface area contributed by atoms with Crippen LogP contribution in [-0.4, -0.2) is 4.98 Å². The van der Waals surface area contributed by atoms with Crippen molar-refractivity contribution >= 4 is 16.8 Å². The van der Waals surface area contributed by atoms with Crippen molar-refractivity contribution in [1.82, 2.24) is 4.98 Å². The first-order valence-corrected chi connectivity index (χ1v) is 7.22. The molecule has 112 valence electrons. The maximum atomic E-state index is 13.9. The minimum atomic E-state index is -0.262. The average molecular weight is 304 g/mol. The number of aromatic nitrogens is 1. The highest BCUT2D eigenvalue weighted by Gasteiger charge is 2.11. The van der Waals surface area contributed by atoms with Gasteiger partial charge >= 0.3 is 0 Å². The van der Waals surface area contributed by atoms with E-state index < -0.39 is 0 Å². The third kappa shape index (κ3) is 2.44. The predicted octanol–water partition coefficient (Wildman–Crippen LogP) is 4.88. The van der Waals surface area contributed by atoms with Crippen LogP contribution in [0.25, 0.3) is 33.7 Å². The van der Waals surface area contributed by atoms with Gasteiger partial charge in [-0.05, 0) is 42.0 Å². The Labute approximate surface area is 132 Å². The highest BCUT2D eigenvalue weighted by Crippen LogP contribution is 2.30. The lowest BCUT2D eigenvalue weighted by Gasteiger charge is -2.02. The zero-order valence-corrected chi connectivity index (χ0v) is 12.2. The third-order valence-electron chi connectivity index (χ3n) is 3.71. The van der Waals surface area contributed by atoms with Crippen LogP contribution in [0.1, 0.15) is 0 Å². The van der Waals surface area contributed by atoms with Crippen molar-refractivity contribution in [3.63, 3.8) is 0 Å². The molecule has 0 amide bonds. The fourth-order valence-electron chi connectivity index (χ4n) is 2.58. The zero-order chi connectivity index (χ0) is 15.8. The molecule has 23 heavy (non-hydrogen) atoms. The topological polar surface area (TPSA) is 52.0 Å². The van der Waals surface area contributed by atoms with Crippen molar-refractivity contribution in [3.8, 4) is 22.6 Å². The number of anilines is 1. The quantitative estimate of drug-likeness (QED) is 0.537. The molecule has 0 atom stereocenters. The molecule has 0 fully saturated rings. The first-order valence-electron chi connectivity index (χ1n) is 7.22. The van der Waals surface area contributed by atoms with E-state index in [1.54, 1.807) is 24.3 Å². The van der Waals surface area contributed by atoms with Gasteiger partial charge in [-0.25, -0.2) is 9.37 Å². The molecule has 0 saturated heterocycles. The molecule has 3 nitrogen and oxygen atoms in total. The summed E-state index contributed by atoms with van der Waals surface area (Å²) in [6.45, 7) is 0. The van der Waals surface area contributed by atoms with Crippen molar-refractivity contribution in [3.05, 3.63) is 72.5 Å². The second-order valence-corrected chi connectivity index (χ2v) is 5.31. The number of nitrogens with zero attached hydrogens (tertiary/aromatic N) is 1. The number of hydrogen-bond acceptors (Lipinski definition) is 3. The van der Waals surface area contributed by atoms with E-state index >= 15 is 0 Å². The second-order valence-electron chi connectivity index (χ2n) is 5.31. The largest absolute Gasteiger partial charge is 0.436 e. The molecule has 3 aromatic carbocycles. The van der Waals surface area contributed by atoms with E-state index in [-0.39, 0.29) is 5.82 Å². The van der Waals surface area contributed by atoms with Gasteiger partial charge in [-0.1, -0.05) is 30.3 Å². The summed E-state index contributed by atoms with van der Waals surface area (Å²) < 4.78 is 19.8. The lowest BCUT2D eigenvalue weighted by Crippen LogP contribution is -1.84. The summed E-state index contributed by atoms with van der Waals surface area (Å²) in [7, 11) is 0. The van der Waals surface area contributed by atoms with Crippen LogP contribution in [0, 0.1) is 5.82 Å². The minimum Gasteiger partial charge on any atom is -0.436 e. The van der Waals surface area contributed by atoms with Gasteiger partial charge < -0.3 is 10.2 Å². The predicted molar refractivity (Wildman–Crippen MR) is 89.3 cm³/mol. The Morgan fingerprint density at radius 3 is 2.57 bits per heavy atom. The number of fused-ring (bicyclic) bond motifs is 1. The van der Waals surface area contributed by atoms with E-state index in [4.69, 9.17) is 10.2 Å². The third-order valence-corrected chi connectivity index (χ3v) is 3.71. The van der Waals surface area contributed by atoms with Gasteiger partial charge in [0.05, 0.1) is 0 Å². The molecule has 4 rings (SSSR count). The van der Waals surface area contributed by atoms with Crippen LogP contribution in [-0.2, 0) is 0 Å². The molecule has 0 saturated carbocycles. The van der Waals surface area contributed by atoms with E-state index in [9.17, 15) is 4.39 Å². The summed E-state index contributed by atoms with van der Waals surface area (Å²) in [5.74, 6) is 0.236. The smallest absolute Gasteiger partial charge is 0.227 e. The summed E-state index contributed by atoms with van der Waals surface area (Å²) in [6.07, 6.45) is 0. The van der Waals surface area contributed by atoms with Crippen LogP contribution >= 0.6 is 0 Å². The van der Waals surface area contributed by atoms with Crippen molar-refractivity contribution in [2.45, 2.75) is 0 Å². The van der Waals surface area contributed by atoms with Crippen LogP contribution in [0.5, 0.6) is 0 Å². The number of hydrogen-bond donors (Lipinski definition) is 1. The van der Waals surface area contributed by atoms with Gasteiger partial charge in [0.25, 0.3) is 0 Å². The van der Waals surface area contributed by atoms with Crippen LogP contribution in [0.2, 0.25) is 0 Å². The van der Waals surface area contributed by atoms with E-state index in [0.717, 1.165) is 16.6 Å². The van der Waals surface area contributed by atoms with Crippen LogP contribution in [0.3, 0.4) is 0 Å². The Morgan fingerprint density at radius 2 is 1.74 bits per heavy atom. The summed E-state index contributed by atoms with van der Waals surface area (Å²) in [4.78, 5) is 4.47. The summed E-state index contributed by atoms with van der Waals surface area (Å²) in [5, 5.41) is 0. The molecular weight excluding hydrogens is 291 g/mol. The second kappa shape index (κ2) is 5.25. The van der Waals surface area contributed by atoms with E-state index in [1.807, 2.05) is 36.4 Å². The highest BCUT2D eigenvalue weighted by atomic mass is 19.1. The Bertz CT molecular complexity index is 1010. The number of benzene rings is 3. The molecule has 1 aromatic heterocycles. The van der Waals surface area contributed by atoms with Crippen molar-refractivity contribution in [1.29, 1.82) is 0 Å². The molecule has 0 spiro atoms. The standard InChI is InChI=1S/C19H13FN2O/c20-16-7-2-1-6-15(16)12-8-9-17-18(11-12)23-19(22-17)13-4-3-5-14(21)10-13/h1-11H,21H2. The van der Waals surface area contributed by atoms with Crippen molar-refractivity contribution in [2.75, 3.05) is 5.73 Å². The van der Waals surface area contributed by atoms with Gasteiger partial charge in [-0.2, -0.15) is 0 Å². The normalized spacial score (nSPS) is 11.0. The molecule has 0 aliphatic carbocycles. The monoisotopic (exact) mass is 304 g/mol. The fraction of sp³-hybridized carbons (Fsp3) is 0. The van der Waals surface area contributed by atoms with E-state index in [2.05, 4.69) is 4.98 Å². The molecule has 4 aromatic rings. The van der Waals surface area contributed by atoms with Crippen molar-refractivity contribution < 1.29 is 8.81 Å². The van der Waals surface area contributed by atoms with Crippen LogP contribution < -0.4 is 5.73 Å². The number of nitrogens with two attached hydrogens (primary N) is 1. The number of nitrogen functional groups attached to an aromatic ring is 1. The summed E-state index contributed by atoms with van der Waals surface area (Å²) in [5.41, 5.74) is 9.89. The maximum absolute atomic E-state index is 13.9.